The molecule has 0 heterocycles. The second-order valence-electron chi connectivity index (χ2n) is 4.51. The lowest BCUT2D eigenvalue weighted by molar-refractivity contribution is -0.143. The molecule has 0 fully saturated rings. The summed E-state index contributed by atoms with van der Waals surface area (Å²) in [5.41, 5.74) is 1.37. The van der Waals surface area contributed by atoms with Crippen LogP contribution in [0.15, 0.2) is 34.9 Å². The van der Waals surface area contributed by atoms with E-state index in [2.05, 4.69) is 4.74 Å². The van der Waals surface area contributed by atoms with Gasteiger partial charge in [-0.05, 0) is 12.5 Å². The number of allylic oxidation sites excluding steroid dienone is 1. The van der Waals surface area contributed by atoms with Crippen molar-refractivity contribution < 1.29 is 36.2 Å². The zero-order valence-electron chi connectivity index (χ0n) is 11.6. The van der Waals surface area contributed by atoms with Crippen molar-refractivity contribution in [1.29, 1.82) is 0 Å². The van der Waals surface area contributed by atoms with Crippen LogP contribution in [-0.2, 0) is 26.0 Å². The third-order valence-electron chi connectivity index (χ3n) is 2.53. The van der Waals surface area contributed by atoms with Crippen molar-refractivity contribution in [2.24, 2.45) is 0 Å². The van der Waals surface area contributed by atoms with Gasteiger partial charge in [0.15, 0.2) is 14.7 Å². The number of carbonyl (C=O) groups is 1. The van der Waals surface area contributed by atoms with Crippen LogP contribution in [0.2, 0.25) is 0 Å². The fraction of sp³-hybridized carbons (Fsp3) is 0.308. The molecule has 0 bridgehead atoms. The number of carbonyl (C=O) groups excluding carboxylic acids is 1. The average molecular weight is 338 g/mol. The van der Waals surface area contributed by atoms with E-state index in [9.17, 15) is 26.4 Å². The van der Waals surface area contributed by atoms with Gasteiger partial charge in [0, 0.05) is 6.26 Å². The van der Waals surface area contributed by atoms with Gasteiger partial charge in [0.25, 0.3) is 0 Å². The zero-order chi connectivity index (χ0) is 17.1. The van der Waals surface area contributed by atoms with Crippen molar-refractivity contribution in [1.82, 2.24) is 0 Å². The molecule has 0 saturated heterocycles. The van der Waals surface area contributed by atoms with Crippen molar-refractivity contribution in [2.45, 2.75) is 19.7 Å². The molecule has 9 heteroatoms. The number of sulfone groups is 1. The van der Waals surface area contributed by atoms with E-state index in [0.29, 0.717) is 11.8 Å². The first-order valence-electron chi connectivity index (χ1n) is 5.86. The van der Waals surface area contributed by atoms with Crippen LogP contribution in [0.3, 0.4) is 0 Å². The second kappa shape index (κ2) is 6.39. The van der Waals surface area contributed by atoms with Crippen LogP contribution in [0.5, 0.6) is 0 Å². The number of rotatable bonds is 4. The van der Waals surface area contributed by atoms with Gasteiger partial charge in [0.2, 0.25) is 5.76 Å². The van der Waals surface area contributed by atoms with Crippen molar-refractivity contribution in [3.8, 4) is 0 Å². The van der Waals surface area contributed by atoms with E-state index >= 15 is 0 Å². The molecule has 122 valence electrons. The first kappa shape index (κ1) is 18.0. The van der Waals surface area contributed by atoms with Gasteiger partial charge < -0.3 is 9.84 Å². The molecule has 0 radical (unpaired) electrons. The molecule has 0 aliphatic rings. The molecule has 1 N–H and O–H groups in total. The molecule has 0 unspecified atom stereocenters. The highest BCUT2D eigenvalue weighted by Crippen LogP contribution is 2.28. The molecule has 1 aromatic carbocycles. The molecule has 22 heavy (non-hydrogen) atoms. The Hall–Kier alpha value is -2.03. The molecular weight excluding hydrogens is 325 g/mol. The smallest absolute Gasteiger partial charge is 0.450 e. The Bertz CT molecular complexity index is 687. The molecule has 0 saturated carbocycles. The highest BCUT2D eigenvalue weighted by Gasteiger charge is 2.42. The number of aliphatic hydroxyl groups excluding tert-OH is 1. The summed E-state index contributed by atoms with van der Waals surface area (Å²) < 4.78 is 64.4. The molecule has 0 spiro atoms. The molecule has 0 atom stereocenters. The van der Waals surface area contributed by atoms with Gasteiger partial charge >= 0.3 is 12.1 Å². The van der Waals surface area contributed by atoms with Crippen LogP contribution in [0.25, 0.3) is 0 Å². The van der Waals surface area contributed by atoms with Crippen molar-refractivity contribution in [3.63, 3.8) is 0 Å². The summed E-state index contributed by atoms with van der Waals surface area (Å²) in [6.45, 7) is 1.38. The second-order valence-corrected chi connectivity index (χ2v) is 6.46. The molecule has 0 aliphatic heterocycles. The number of aryl methyl sites for hydroxylation is 1. The van der Waals surface area contributed by atoms with Gasteiger partial charge in [-0.15, -0.1) is 0 Å². The zero-order valence-corrected chi connectivity index (χ0v) is 12.5. The third-order valence-corrected chi connectivity index (χ3v) is 3.63. The van der Waals surface area contributed by atoms with E-state index in [1.54, 1.807) is 24.3 Å². The number of halogens is 3. The van der Waals surface area contributed by atoms with E-state index in [-0.39, 0.29) is 0 Å². The minimum Gasteiger partial charge on any atom is -0.503 e. The Balaban J connectivity index is 3.03. The molecular formula is C13H13F3O5S. The summed E-state index contributed by atoms with van der Waals surface area (Å²) in [7, 11) is -4.62. The molecule has 0 amide bonds. The predicted octanol–water partition coefficient (Wildman–Crippen LogP) is 2.41. The molecule has 1 aromatic rings. The van der Waals surface area contributed by atoms with Crippen LogP contribution < -0.4 is 0 Å². The first-order valence-corrected chi connectivity index (χ1v) is 7.75. The summed E-state index contributed by atoms with van der Waals surface area (Å²) in [6, 6.07) is 6.50. The molecule has 1 rings (SSSR count). The standard InChI is InChI=1S/C13H13F3O5S/c1-8-3-5-9(6-4-8)7-21-12(18)10(22(2,19)20)11(17)13(14,15)16/h3-6,17H,7H2,1-2H3/b11-10+. The number of alkyl halides is 3. The Morgan fingerprint density at radius 3 is 2.14 bits per heavy atom. The fourth-order valence-corrected chi connectivity index (χ4v) is 2.28. The third kappa shape index (κ3) is 4.76. The highest BCUT2D eigenvalue weighted by molar-refractivity contribution is 7.95. The fourth-order valence-electron chi connectivity index (χ4n) is 1.45. The summed E-state index contributed by atoms with van der Waals surface area (Å²) in [5, 5.41) is 8.96. The Morgan fingerprint density at radius 2 is 1.73 bits per heavy atom. The van der Waals surface area contributed by atoms with Gasteiger partial charge in [0.05, 0.1) is 0 Å². The number of ether oxygens (including phenoxy) is 1. The minimum absolute atomic E-state index is 0.372. The van der Waals surface area contributed by atoms with Crippen LogP contribution in [0.1, 0.15) is 11.1 Å². The van der Waals surface area contributed by atoms with E-state index in [0.717, 1.165) is 5.56 Å². The van der Waals surface area contributed by atoms with Crippen LogP contribution >= 0.6 is 0 Å². The number of aliphatic hydroxyl groups is 1. The minimum atomic E-state index is -5.37. The van der Waals surface area contributed by atoms with Crippen LogP contribution in [0.4, 0.5) is 13.2 Å². The van der Waals surface area contributed by atoms with Gasteiger partial charge in [-0.1, -0.05) is 29.8 Å². The van der Waals surface area contributed by atoms with Gasteiger partial charge in [-0.3, -0.25) is 0 Å². The summed E-state index contributed by atoms with van der Waals surface area (Å²) in [4.78, 5) is 9.79. The van der Waals surface area contributed by atoms with Crippen molar-refractivity contribution >= 4 is 15.8 Å². The lowest BCUT2D eigenvalue weighted by atomic mass is 10.2. The van der Waals surface area contributed by atoms with E-state index < -0.39 is 39.3 Å². The van der Waals surface area contributed by atoms with Gasteiger partial charge in [-0.25, -0.2) is 13.2 Å². The maximum Gasteiger partial charge on any atom is 0.450 e. The largest absolute Gasteiger partial charge is 0.503 e. The maximum atomic E-state index is 12.4. The number of esters is 1. The Kier molecular flexibility index (Phi) is 5.23. The number of benzene rings is 1. The SMILES string of the molecule is Cc1ccc(COC(=O)/C(=C(\O)C(F)(F)F)S(C)(=O)=O)cc1. The molecule has 5 nitrogen and oxygen atoms in total. The summed E-state index contributed by atoms with van der Waals surface area (Å²) >= 11 is 0. The van der Waals surface area contributed by atoms with E-state index in [1.807, 2.05) is 6.92 Å². The van der Waals surface area contributed by atoms with Crippen molar-refractivity contribution in [2.75, 3.05) is 6.26 Å². The maximum absolute atomic E-state index is 12.4. The topological polar surface area (TPSA) is 80.7 Å². The monoisotopic (exact) mass is 338 g/mol. The van der Waals surface area contributed by atoms with Crippen LogP contribution in [0, 0.1) is 6.92 Å². The van der Waals surface area contributed by atoms with Gasteiger partial charge in [0.1, 0.15) is 6.61 Å². The van der Waals surface area contributed by atoms with Crippen LogP contribution in [-0.4, -0.2) is 31.9 Å². The predicted molar refractivity (Wildman–Crippen MR) is 71.5 cm³/mol. The lowest BCUT2D eigenvalue weighted by Crippen LogP contribution is -2.24. The average Bonchev–Trinajstić information content (AvgIpc) is 2.35. The highest BCUT2D eigenvalue weighted by atomic mass is 32.2. The number of hydrogen-bond donors (Lipinski definition) is 1. The summed E-state index contributed by atoms with van der Waals surface area (Å²) in [5.74, 6) is -4.26. The first-order chi connectivity index (χ1) is 9.93. The Labute approximate surface area is 124 Å². The van der Waals surface area contributed by atoms with E-state index in [1.165, 1.54) is 0 Å². The number of hydrogen-bond acceptors (Lipinski definition) is 5. The molecule has 0 aromatic heterocycles. The van der Waals surface area contributed by atoms with E-state index in [4.69, 9.17) is 5.11 Å². The normalized spacial score (nSPS) is 13.5. The summed E-state index contributed by atoms with van der Waals surface area (Å²) in [6.07, 6.45) is -5.00. The van der Waals surface area contributed by atoms with Gasteiger partial charge in [-0.2, -0.15) is 13.2 Å². The Morgan fingerprint density at radius 1 is 1.23 bits per heavy atom. The quantitative estimate of drug-likeness (QED) is 0.518. The van der Waals surface area contributed by atoms with Crippen molar-refractivity contribution in [3.05, 3.63) is 46.1 Å². The molecule has 0 aliphatic carbocycles. The lowest BCUT2D eigenvalue weighted by Gasteiger charge is -2.11.